The number of para-hydroxylation sites is 1. The lowest BCUT2D eigenvalue weighted by atomic mass is 10.1. The standard InChI is InChI=1S/C19H20F2N2O2/c1-12(2)10-11-22-18(24)13-6-8-14(9-7-13)19(25)23-17-15(20)4-3-5-16(17)21/h3-9,12H,10-11H2,1-2H3,(H,22,24)(H,23,25). The third-order valence-electron chi connectivity index (χ3n) is 3.62. The summed E-state index contributed by atoms with van der Waals surface area (Å²) in [7, 11) is 0. The van der Waals surface area contributed by atoms with Gasteiger partial charge in [0.05, 0.1) is 0 Å². The highest BCUT2D eigenvalue weighted by Crippen LogP contribution is 2.19. The van der Waals surface area contributed by atoms with Gasteiger partial charge < -0.3 is 10.6 Å². The summed E-state index contributed by atoms with van der Waals surface area (Å²) in [5.41, 5.74) is 0.113. The van der Waals surface area contributed by atoms with Crippen LogP contribution in [0, 0.1) is 17.6 Å². The molecule has 2 rings (SSSR count). The molecule has 0 heterocycles. The van der Waals surface area contributed by atoms with Gasteiger partial charge in [0.1, 0.15) is 17.3 Å². The number of nitrogens with one attached hydrogen (secondary N) is 2. The fraction of sp³-hybridized carbons (Fsp3) is 0.263. The van der Waals surface area contributed by atoms with Crippen molar-refractivity contribution in [1.82, 2.24) is 5.32 Å². The lowest BCUT2D eigenvalue weighted by Crippen LogP contribution is -2.25. The first kappa shape index (κ1) is 18.6. The lowest BCUT2D eigenvalue weighted by Gasteiger charge is -2.09. The first-order chi connectivity index (χ1) is 11.9. The van der Waals surface area contributed by atoms with Crippen LogP contribution < -0.4 is 10.6 Å². The highest BCUT2D eigenvalue weighted by Gasteiger charge is 2.14. The van der Waals surface area contributed by atoms with Gasteiger partial charge in [-0.1, -0.05) is 19.9 Å². The molecule has 0 spiro atoms. The van der Waals surface area contributed by atoms with Crippen LogP contribution >= 0.6 is 0 Å². The van der Waals surface area contributed by atoms with Crippen molar-refractivity contribution in [3.05, 3.63) is 65.2 Å². The predicted octanol–water partition coefficient (Wildman–Crippen LogP) is 3.99. The summed E-state index contributed by atoms with van der Waals surface area (Å²) in [5.74, 6) is -2.10. The first-order valence-corrected chi connectivity index (χ1v) is 8.02. The van der Waals surface area contributed by atoms with E-state index in [0.29, 0.717) is 18.0 Å². The molecule has 0 bridgehead atoms. The summed E-state index contributed by atoms with van der Waals surface area (Å²) < 4.78 is 27.1. The summed E-state index contributed by atoms with van der Waals surface area (Å²) in [6.45, 7) is 4.71. The molecule has 2 N–H and O–H groups in total. The maximum atomic E-state index is 13.6. The Balaban J connectivity index is 2.01. The molecule has 2 aromatic carbocycles. The molecule has 6 heteroatoms. The Morgan fingerprint density at radius 3 is 1.96 bits per heavy atom. The molecule has 0 atom stereocenters. The van der Waals surface area contributed by atoms with Gasteiger partial charge in [0.15, 0.2) is 0 Å². The Morgan fingerprint density at radius 2 is 1.44 bits per heavy atom. The molecular formula is C19H20F2N2O2. The van der Waals surface area contributed by atoms with Crippen molar-refractivity contribution >= 4 is 17.5 Å². The van der Waals surface area contributed by atoms with Gasteiger partial charge in [-0.25, -0.2) is 8.78 Å². The van der Waals surface area contributed by atoms with Gasteiger partial charge in [-0.3, -0.25) is 9.59 Å². The summed E-state index contributed by atoms with van der Waals surface area (Å²) >= 11 is 0. The molecule has 132 valence electrons. The SMILES string of the molecule is CC(C)CCNC(=O)c1ccc(C(=O)Nc2c(F)cccc2F)cc1. The zero-order valence-corrected chi connectivity index (χ0v) is 14.1. The molecule has 25 heavy (non-hydrogen) atoms. The Hall–Kier alpha value is -2.76. The summed E-state index contributed by atoms with van der Waals surface area (Å²) in [6.07, 6.45) is 0.875. The number of halogens is 2. The summed E-state index contributed by atoms with van der Waals surface area (Å²) in [4.78, 5) is 24.1. The highest BCUT2D eigenvalue weighted by atomic mass is 19.1. The Morgan fingerprint density at radius 1 is 0.920 bits per heavy atom. The monoisotopic (exact) mass is 346 g/mol. The first-order valence-electron chi connectivity index (χ1n) is 8.02. The zero-order valence-electron chi connectivity index (χ0n) is 14.1. The summed E-state index contributed by atoms with van der Waals surface area (Å²) in [6, 6.07) is 9.20. The van der Waals surface area contributed by atoms with E-state index in [4.69, 9.17) is 0 Å². The maximum absolute atomic E-state index is 13.6. The van der Waals surface area contributed by atoms with Crippen molar-refractivity contribution in [3.8, 4) is 0 Å². The van der Waals surface area contributed by atoms with Crippen LogP contribution in [0.25, 0.3) is 0 Å². The Labute approximate surface area is 145 Å². The normalized spacial score (nSPS) is 10.6. The minimum Gasteiger partial charge on any atom is -0.352 e. The molecule has 0 unspecified atom stereocenters. The maximum Gasteiger partial charge on any atom is 0.255 e. The van der Waals surface area contributed by atoms with Gasteiger partial charge in [0.2, 0.25) is 0 Å². The van der Waals surface area contributed by atoms with E-state index in [1.807, 2.05) is 0 Å². The average molecular weight is 346 g/mol. The molecule has 0 radical (unpaired) electrons. The second kappa shape index (κ2) is 8.37. The van der Waals surface area contributed by atoms with Gasteiger partial charge in [-0.15, -0.1) is 0 Å². The van der Waals surface area contributed by atoms with E-state index in [1.165, 1.54) is 30.3 Å². The number of amides is 2. The molecule has 0 saturated heterocycles. The molecule has 0 saturated carbocycles. The number of carbonyl (C=O) groups is 2. The highest BCUT2D eigenvalue weighted by molar-refractivity contribution is 6.05. The molecule has 0 fully saturated rings. The minimum absolute atomic E-state index is 0.196. The van der Waals surface area contributed by atoms with E-state index in [1.54, 1.807) is 0 Å². The third kappa shape index (κ3) is 5.11. The fourth-order valence-electron chi connectivity index (χ4n) is 2.15. The topological polar surface area (TPSA) is 58.2 Å². The van der Waals surface area contributed by atoms with Crippen LogP contribution in [0.4, 0.5) is 14.5 Å². The number of carbonyl (C=O) groups excluding carboxylic acids is 2. The van der Waals surface area contributed by atoms with Gasteiger partial charge >= 0.3 is 0 Å². The van der Waals surface area contributed by atoms with Crippen LogP contribution in [0.3, 0.4) is 0 Å². The summed E-state index contributed by atoms with van der Waals surface area (Å²) in [5, 5.41) is 5.00. The number of benzene rings is 2. The lowest BCUT2D eigenvalue weighted by molar-refractivity contribution is 0.0950. The zero-order chi connectivity index (χ0) is 18.4. The minimum atomic E-state index is -0.852. The number of hydrogen-bond donors (Lipinski definition) is 2. The van der Waals surface area contributed by atoms with Crippen LogP contribution in [0.1, 0.15) is 41.0 Å². The molecule has 0 aliphatic carbocycles. The molecule has 2 aromatic rings. The van der Waals surface area contributed by atoms with Gasteiger partial charge in [0.25, 0.3) is 11.8 Å². The van der Waals surface area contributed by atoms with Crippen molar-refractivity contribution in [2.24, 2.45) is 5.92 Å². The van der Waals surface area contributed by atoms with Crippen molar-refractivity contribution in [2.75, 3.05) is 11.9 Å². The van der Waals surface area contributed by atoms with Crippen molar-refractivity contribution < 1.29 is 18.4 Å². The second-order valence-corrected chi connectivity index (χ2v) is 6.07. The number of rotatable bonds is 6. The molecule has 0 aromatic heterocycles. The quantitative estimate of drug-likeness (QED) is 0.831. The van der Waals surface area contributed by atoms with Crippen LogP contribution in [0.5, 0.6) is 0 Å². The van der Waals surface area contributed by atoms with E-state index in [2.05, 4.69) is 24.5 Å². The van der Waals surface area contributed by atoms with Gasteiger partial charge in [-0.2, -0.15) is 0 Å². The predicted molar refractivity (Wildman–Crippen MR) is 92.5 cm³/mol. The number of hydrogen-bond acceptors (Lipinski definition) is 2. The van der Waals surface area contributed by atoms with Crippen molar-refractivity contribution in [1.29, 1.82) is 0 Å². The molecular weight excluding hydrogens is 326 g/mol. The second-order valence-electron chi connectivity index (χ2n) is 6.07. The van der Waals surface area contributed by atoms with Crippen LogP contribution in [-0.2, 0) is 0 Å². The number of anilines is 1. The van der Waals surface area contributed by atoms with Crippen LogP contribution in [0.2, 0.25) is 0 Å². The van der Waals surface area contributed by atoms with Gasteiger partial charge in [-0.05, 0) is 48.7 Å². The van der Waals surface area contributed by atoms with E-state index in [0.717, 1.165) is 18.6 Å². The van der Waals surface area contributed by atoms with Crippen LogP contribution in [-0.4, -0.2) is 18.4 Å². The molecule has 0 aliphatic rings. The van der Waals surface area contributed by atoms with E-state index < -0.39 is 23.2 Å². The van der Waals surface area contributed by atoms with Crippen LogP contribution in [0.15, 0.2) is 42.5 Å². The largest absolute Gasteiger partial charge is 0.352 e. The molecule has 4 nitrogen and oxygen atoms in total. The van der Waals surface area contributed by atoms with Crippen molar-refractivity contribution in [3.63, 3.8) is 0 Å². The smallest absolute Gasteiger partial charge is 0.255 e. The average Bonchev–Trinajstić information content (AvgIpc) is 2.58. The third-order valence-corrected chi connectivity index (χ3v) is 3.62. The van der Waals surface area contributed by atoms with Crippen molar-refractivity contribution in [2.45, 2.75) is 20.3 Å². The Bertz CT molecular complexity index is 738. The van der Waals surface area contributed by atoms with E-state index in [-0.39, 0.29) is 11.5 Å². The molecule has 2 amide bonds. The van der Waals surface area contributed by atoms with Gasteiger partial charge in [0, 0.05) is 17.7 Å². The molecule has 0 aliphatic heterocycles. The fourth-order valence-corrected chi connectivity index (χ4v) is 2.15. The van der Waals surface area contributed by atoms with E-state index in [9.17, 15) is 18.4 Å². The Kier molecular flexibility index (Phi) is 6.22. The van der Waals surface area contributed by atoms with E-state index >= 15 is 0 Å².